The summed E-state index contributed by atoms with van der Waals surface area (Å²) in [7, 11) is 0. The van der Waals surface area contributed by atoms with Crippen molar-refractivity contribution in [1.82, 2.24) is 4.90 Å². The van der Waals surface area contributed by atoms with Gasteiger partial charge in [-0.05, 0) is 33.6 Å². The molecule has 1 aliphatic rings. The van der Waals surface area contributed by atoms with Crippen LogP contribution in [0.2, 0.25) is 0 Å². The molecule has 0 radical (unpaired) electrons. The first kappa shape index (κ1) is 15.5. The molecule has 3 N–H and O–H groups in total. The molecule has 1 atom stereocenters. The molecule has 96 valence electrons. The molecule has 0 bridgehead atoms. The summed E-state index contributed by atoms with van der Waals surface area (Å²) in [6.07, 6.45) is 0.555. The van der Waals surface area contributed by atoms with E-state index in [1.165, 1.54) is 4.90 Å². The smallest absolute Gasteiger partial charge is 0.410 e. The first-order valence-electron chi connectivity index (χ1n) is 5.21. The van der Waals surface area contributed by atoms with Crippen LogP contribution < -0.4 is 5.73 Å². The second kappa shape index (κ2) is 5.21. The van der Waals surface area contributed by atoms with Crippen LogP contribution in [0.1, 0.15) is 33.6 Å². The molecule has 16 heavy (non-hydrogen) atoms. The summed E-state index contributed by atoms with van der Waals surface area (Å²) in [6.45, 7) is 6.33. The average molecular weight is 253 g/mol. The average Bonchev–Trinajstić information content (AvgIpc) is 2.50. The van der Waals surface area contributed by atoms with Gasteiger partial charge < -0.3 is 15.6 Å². The van der Waals surface area contributed by atoms with Gasteiger partial charge in [-0.15, -0.1) is 12.4 Å². The maximum absolute atomic E-state index is 11.3. The summed E-state index contributed by atoms with van der Waals surface area (Å²) in [5.74, 6) is 0. The molecule has 1 amide bonds. The number of ether oxygens (including phenoxy) is 1. The third-order valence-electron chi connectivity index (χ3n) is 2.67. The molecule has 0 aromatic rings. The Morgan fingerprint density at radius 1 is 1.56 bits per heavy atom. The van der Waals surface area contributed by atoms with E-state index in [1.54, 1.807) is 0 Å². The molecule has 1 saturated heterocycles. The zero-order valence-electron chi connectivity index (χ0n) is 10.0. The highest BCUT2D eigenvalue weighted by atomic mass is 35.5. The standard InChI is InChI=1S/C10H20N2O3.ClH/c1-9(2,3)12(8(13)14)10(7-11)5-4-6-15-10;/h4-7,11H2,1-3H3,(H,13,14);1H. The molecule has 1 aliphatic heterocycles. The lowest BCUT2D eigenvalue weighted by Crippen LogP contribution is -2.62. The summed E-state index contributed by atoms with van der Waals surface area (Å²) < 4.78 is 5.56. The van der Waals surface area contributed by atoms with Crippen LogP contribution in [0.3, 0.4) is 0 Å². The number of hydrogen-bond donors (Lipinski definition) is 2. The highest BCUT2D eigenvalue weighted by molar-refractivity contribution is 5.85. The molecule has 0 aromatic heterocycles. The van der Waals surface area contributed by atoms with Crippen LogP contribution in [0.25, 0.3) is 0 Å². The summed E-state index contributed by atoms with van der Waals surface area (Å²) in [5.41, 5.74) is 4.34. The molecule has 1 unspecified atom stereocenters. The van der Waals surface area contributed by atoms with Crippen LogP contribution in [-0.2, 0) is 4.74 Å². The molecule has 5 nitrogen and oxygen atoms in total. The minimum absolute atomic E-state index is 0. The van der Waals surface area contributed by atoms with E-state index in [0.717, 1.165) is 6.42 Å². The van der Waals surface area contributed by atoms with Crippen molar-refractivity contribution in [2.75, 3.05) is 13.2 Å². The molecule has 6 heteroatoms. The lowest BCUT2D eigenvalue weighted by molar-refractivity contribution is -0.131. The summed E-state index contributed by atoms with van der Waals surface area (Å²) >= 11 is 0. The van der Waals surface area contributed by atoms with E-state index < -0.39 is 17.4 Å². The zero-order valence-corrected chi connectivity index (χ0v) is 10.8. The van der Waals surface area contributed by atoms with Crippen molar-refractivity contribution in [3.63, 3.8) is 0 Å². The fourth-order valence-corrected chi connectivity index (χ4v) is 2.18. The second-order valence-electron chi connectivity index (χ2n) is 4.89. The van der Waals surface area contributed by atoms with E-state index >= 15 is 0 Å². The predicted molar refractivity (Wildman–Crippen MR) is 63.8 cm³/mol. The van der Waals surface area contributed by atoms with Crippen LogP contribution >= 0.6 is 12.4 Å². The molecule has 1 fully saturated rings. The zero-order chi connectivity index (χ0) is 11.7. The van der Waals surface area contributed by atoms with Gasteiger partial charge in [0.15, 0.2) is 5.72 Å². The van der Waals surface area contributed by atoms with Gasteiger partial charge in [0.1, 0.15) is 0 Å². The predicted octanol–water partition coefficient (Wildman–Crippen LogP) is 1.65. The number of carbonyl (C=O) groups is 1. The van der Waals surface area contributed by atoms with Gasteiger partial charge in [-0.3, -0.25) is 4.90 Å². The molecule has 0 saturated carbocycles. The third kappa shape index (κ3) is 2.78. The lowest BCUT2D eigenvalue weighted by atomic mass is 9.99. The maximum atomic E-state index is 11.3. The van der Waals surface area contributed by atoms with Crippen molar-refractivity contribution in [3.8, 4) is 0 Å². The van der Waals surface area contributed by atoms with Crippen LogP contribution in [0, 0.1) is 0 Å². The molecular weight excluding hydrogens is 232 g/mol. The fourth-order valence-electron chi connectivity index (χ4n) is 2.18. The van der Waals surface area contributed by atoms with E-state index in [1.807, 2.05) is 20.8 Å². The van der Waals surface area contributed by atoms with E-state index in [4.69, 9.17) is 10.5 Å². The van der Waals surface area contributed by atoms with Crippen molar-refractivity contribution >= 4 is 18.5 Å². The van der Waals surface area contributed by atoms with E-state index in [2.05, 4.69) is 0 Å². The number of rotatable bonds is 2. The Balaban J connectivity index is 0.00000225. The number of nitrogens with zero attached hydrogens (tertiary/aromatic N) is 1. The first-order valence-corrected chi connectivity index (χ1v) is 5.21. The fraction of sp³-hybridized carbons (Fsp3) is 0.900. The van der Waals surface area contributed by atoms with Gasteiger partial charge in [-0.25, -0.2) is 4.79 Å². The number of amides is 1. The minimum atomic E-state index is -0.977. The summed E-state index contributed by atoms with van der Waals surface area (Å²) in [4.78, 5) is 12.6. The van der Waals surface area contributed by atoms with E-state index in [0.29, 0.717) is 13.0 Å². The van der Waals surface area contributed by atoms with Gasteiger partial charge >= 0.3 is 6.09 Å². The van der Waals surface area contributed by atoms with Crippen LogP contribution in [0.4, 0.5) is 4.79 Å². The van der Waals surface area contributed by atoms with Crippen molar-refractivity contribution < 1.29 is 14.6 Å². The number of halogens is 1. The Hall–Kier alpha value is -0.520. The van der Waals surface area contributed by atoms with Gasteiger partial charge in [0.2, 0.25) is 0 Å². The molecular formula is C10H21ClN2O3. The summed E-state index contributed by atoms with van der Waals surface area (Å²) in [6, 6.07) is 0. The molecule has 0 aliphatic carbocycles. The SMILES string of the molecule is CC(C)(C)N(C(=O)O)C1(CN)CCCO1.Cl. The lowest BCUT2D eigenvalue weighted by Gasteiger charge is -2.45. The number of nitrogens with two attached hydrogens (primary N) is 1. The largest absolute Gasteiger partial charge is 0.465 e. The highest BCUT2D eigenvalue weighted by Crippen LogP contribution is 2.34. The van der Waals surface area contributed by atoms with Crippen molar-refractivity contribution in [1.29, 1.82) is 0 Å². The molecule has 1 heterocycles. The van der Waals surface area contributed by atoms with Crippen LogP contribution in [0.15, 0.2) is 0 Å². The third-order valence-corrected chi connectivity index (χ3v) is 2.67. The van der Waals surface area contributed by atoms with E-state index in [9.17, 15) is 9.90 Å². The monoisotopic (exact) mass is 252 g/mol. The Morgan fingerprint density at radius 2 is 2.12 bits per heavy atom. The Labute approximate surface area is 102 Å². The van der Waals surface area contributed by atoms with Crippen molar-refractivity contribution in [2.24, 2.45) is 5.73 Å². The Bertz CT molecular complexity index is 247. The highest BCUT2D eigenvalue weighted by Gasteiger charge is 2.47. The maximum Gasteiger partial charge on any atom is 0.410 e. The number of hydrogen-bond acceptors (Lipinski definition) is 3. The van der Waals surface area contributed by atoms with Gasteiger partial charge in [0.25, 0.3) is 0 Å². The van der Waals surface area contributed by atoms with Crippen molar-refractivity contribution in [2.45, 2.75) is 44.9 Å². The summed E-state index contributed by atoms with van der Waals surface area (Å²) in [5, 5.41) is 9.26. The topological polar surface area (TPSA) is 75.8 Å². The van der Waals surface area contributed by atoms with Gasteiger partial charge in [0.05, 0.1) is 0 Å². The van der Waals surface area contributed by atoms with Gasteiger partial charge in [0, 0.05) is 18.7 Å². The second-order valence-corrected chi connectivity index (χ2v) is 4.89. The first-order chi connectivity index (χ1) is 6.83. The minimum Gasteiger partial charge on any atom is -0.465 e. The van der Waals surface area contributed by atoms with Crippen LogP contribution in [0.5, 0.6) is 0 Å². The van der Waals surface area contributed by atoms with Crippen molar-refractivity contribution in [3.05, 3.63) is 0 Å². The Kier molecular flexibility index (Phi) is 5.04. The van der Waals surface area contributed by atoms with Crippen LogP contribution in [-0.4, -0.2) is 40.5 Å². The molecule has 1 rings (SSSR count). The normalized spacial score (nSPS) is 25.0. The number of carboxylic acid groups (broad SMARTS) is 1. The molecule has 0 spiro atoms. The molecule has 0 aromatic carbocycles. The van der Waals surface area contributed by atoms with Gasteiger partial charge in [-0.2, -0.15) is 0 Å². The van der Waals surface area contributed by atoms with Gasteiger partial charge in [-0.1, -0.05) is 0 Å². The quantitative estimate of drug-likeness (QED) is 0.784. The Morgan fingerprint density at radius 3 is 2.38 bits per heavy atom. The van der Waals surface area contributed by atoms with E-state index in [-0.39, 0.29) is 19.0 Å².